The number of esters is 1. The molecule has 3 aromatic rings. The Morgan fingerprint density at radius 1 is 1.06 bits per heavy atom. The summed E-state index contributed by atoms with van der Waals surface area (Å²) in [7, 11) is -3.88. The van der Waals surface area contributed by atoms with Crippen molar-refractivity contribution in [3.05, 3.63) is 64.4 Å². The SMILES string of the molecule is CCOC(=O)c1[nH]c(C)c(C(=O)Nc2ccc(S(=O)(=O)Nc3cc(C)nc(C)n3)cc2)c1C. The standard InChI is InChI=1S/C22H25N5O5S/c1-6-32-22(29)20-13(3)19(14(4)24-20)21(28)26-16-7-9-17(10-8-16)33(30,31)27-18-11-12(2)23-15(5)25-18/h7-11,24H,6H2,1-5H3,(H,26,28)(H,23,25,27). The average Bonchev–Trinajstić information content (AvgIpc) is 3.01. The first-order valence-electron chi connectivity index (χ1n) is 10.1. The Labute approximate surface area is 191 Å². The molecule has 0 aliphatic heterocycles. The van der Waals surface area contributed by atoms with Gasteiger partial charge in [0.2, 0.25) is 0 Å². The zero-order valence-corrected chi connectivity index (χ0v) is 19.8. The summed E-state index contributed by atoms with van der Waals surface area (Å²) < 4.78 is 32.8. The smallest absolute Gasteiger partial charge is 0.355 e. The summed E-state index contributed by atoms with van der Waals surface area (Å²) in [5, 5.41) is 2.72. The Morgan fingerprint density at radius 2 is 1.73 bits per heavy atom. The van der Waals surface area contributed by atoms with E-state index in [1.165, 1.54) is 30.3 Å². The number of H-pyrrole nitrogens is 1. The van der Waals surface area contributed by atoms with Crippen molar-refractivity contribution in [3.63, 3.8) is 0 Å². The molecular formula is C22H25N5O5S. The number of hydrogen-bond donors (Lipinski definition) is 3. The van der Waals surface area contributed by atoms with Gasteiger partial charge in [0.1, 0.15) is 17.3 Å². The molecular weight excluding hydrogens is 446 g/mol. The minimum atomic E-state index is -3.88. The quantitative estimate of drug-likeness (QED) is 0.449. The third-order valence-corrected chi connectivity index (χ3v) is 6.14. The average molecular weight is 472 g/mol. The Morgan fingerprint density at radius 3 is 2.33 bits per heavy atom. The molecule has 3 rings (SSSR count). The zero-order chi connectivity index (χ0) is 24.3. The van der Waals surface area contributed by atoms with Gasteiger partial charge in [0.05, 0.1) is 17.1 Å². The van der Waals surface area contributed by atoms with Crippen LogP contribution in [0.1, 0.15) is 50.5 Å². The fourth-order valence-corrected chi connectivity index (χ4v) is 4.37. The van der Waals surface area contributed by atoms with Crippen LogP contribution in [0.25, 0.3) is 0 Å². The molecule has 0 spiro atoms. The van der Waals surface area contributed by atoms with Crippen molar-refractivity contribution >= 4 is 33.4 Å². The van der Waals surface area contributed by atoms with Crippen molar-refractivity contribution in [1.29, 1.82) is 0 Å². The molecule has 0 saturated heterocycles. The number of nitrogens with one attached hydrogen (secondary N) is 3. The number of hydrogen-bond acceptors (Lipinski definition) is 7. The van der Waals surface area contributed by atoms with Crippen LogP contribution in [-0.2, 0) is 14.8 Å². The largest absolute Gasteiger partial charge is 0.461 e. The highest BCUT2D eigenvalue weighted by Gasteiger charge is 2.23. The van der Waals surface area contributed by atoms with Crippen LogP contribution in [0.4, 0.5) is 11.5 Å². The number of carbonyl (C=O) groups excluding carboxylic acids is 2. The topological polar surface area (TPSA) is 143 Å². The van der Waals surface area contributed by atoms with E-state index in [4.69, 9.17) is 4.74 Å². The van der Waals surface area contributed by atoms with Gasteiger partial charge in [-0.2, -0.15) is 0 Å². The molecule has 3 N–H and O–H groups in total. The first-order chi connectivity index (χ1) is 15.5. The second-order valence-corrected chi connectivity index (χ2v) is 9.05. The lowest BCUT2D eigenvalue weighted by atomic mass is 10.1. The summed E-state index contributed by atoms with van der Waals surface area (Å²) in [6, 6.07) is 7.24. The van der Waals surface area contributed by atoms with E-state index < -0.39 is 21.9 Å². The van der Waals surface area contributed by atoms with Crippen LogP contribution in [0.5, 0.6) is 0 Å². The van der Waals surface area contributed by atoms with Crippen molar-refractivity contribution in [3.8, 4) is 0 Å². The van der Waals surface area contributed by atoms with Crippen LogP contribution in [0.15, 0.2) is 35.2 Å². The molecule has 11 heteroatoms. The van der Waals surface area contributed by atoms with E-state index in [2.05, 4.69) is 25.0 Å². The molecule has 10 nitrogen and oxygen atoms in total. The number of sulfonamides is 1. The molecule has 1 amide bonds. The third-order valence-electron chi connectivity index (χ3n) is 4.77. The van der Waals surface area contributed by atoms with Gasteiger partial charge in [-0.15, -0.1) is 0 Å². The lowest BCUT2D eigenvalue weighted by Gasteiger charge is -2.10. The van der Waals surface area contributed by atoms with Gasteiger partial charge in [-0.1, -0.05) is 0 Å². The van der Waals surface area contributed by atoms with Crippen molar-refractivity contribution in [2.75, 3.05) is 16.6 Å². The normalized spacial score (nSPS) is 11.2. The fourth-order valence-electron chi connectivity index (χ4n) is 3.37. The second kappa shape index (κ2) is 9.41. The number of aromatic amines is 1. The van der Waals surface area contributed by atoms with E-state index >= 15 is 0 Å². The minimum absolute atomic E-state index is 0.00743. The summed E-state index contributed by atoms with van der Waals surface area (Å²) in [5.41, 5.74) is 2.58. The number of benzene rings is 1. The Hall–Kier alpha value is -3.73. The van der Waals surface area contributed by atoms with Gasteiger partial charge in [-0.3, -0.25) is 9.52 Å². The lowest BCUT2D eigenvalue weighted by molar-refractivity contribution is 0.0519. The first-order valence-corrected chi connectivity index (χ1v) is 11.6. The molecule has 0 aliphatic rings. The van der Waals surface area contributed by atoms with E-state index in [1.807, 2.05) is 0 Å². The van der Waals surface area contributed by atoms with Gasteiger partial charge in [0.15, 0.2) is 0 Å². The van der Waals surface area contributed by atoms with Crippen LogP contribution in [0, 0.1) is 27.7 Å². The molecule has 2 heterocycles. The molecule has 33 heavy (non-hydrogen) atoms. The van der Waals surface area contributed by atoms with Gasteiger partial charge >= 0.3 is 5.97 Å². The second-order valence-electron chi connectivity index (χ2n) is 7.37. The van der Waals surface area contributed by atoms with Crippen LogP contribution >= 0.6 is 0 Å². The molecule has 1 aromatic carbocycles. The minimum Gasteiger partial charge on any atom is -0.461 e. The highest BCUT2D eigenvalue weighted by molar-refractivity contribution is 7.92. The number of anilines is 2. The Balaban J connectivity index is 1.77. The van der Waals surface area contributed by atoms with E-state index in [1.54, 1.807) is 34.6 Å². The van der Waals surface area contributed by atoms with Crippen LogP contribution in [0.3, 0.4) is 0 Å². The highest BCUT2D eigenvalue weighted by atomic mass is 32.2. The van der Waals surface area contributed by atoms with Gasteiger partial charge < -0.3 is 15.0 Å². The summed E-state index contributed by atoms with van der Waals surface area (Å²) in [5.74, 6) is -0.342. The highest BCUT2D eigenvalue weighted by Crippen LogP contribution is 2.22. The molecule has 0 saturated carbocycles. The Bertz CT molecular complexity index is 1290. The van der Waals surface area contributed by atoms with Gasteiger partial charge in [-0.25, -0.2) is 23.2 Å². The molecule has 0 atom stereocenters. The molecule has 0 aliphatic carbocycles. The third kappa shape index (κ3) is 5.37. The number of aromatic nitrogens is 3. The molecule has 174 valence electrons. The van der Waals surface area contributed by atoms with Gasteiger partial charge in [0, 0.05) is 23.1 Å². The molecule has 0 bridgehead atoms. The number of ether oxygens (including phenoxy) is 1. The van der Waals surface area contributed by atoms with Gasteiger partial charge in [0.25, 0.3) is 15.9 Å². The number of carbonyl (C=O) groups is 2. The summed E-state index contributed by atoms with van der Waals surface area (Å²) >= 11 is 0. The van der Waals surface area contributed by atoms with E-state index in [9.17, 15) is 18.0 Å². The monoisotopic (exact) mass is 471 g/mol. The predicted molar refractivity (Wildman–Crippen MR) is 123 cm³/mol. The van der Waals surface area contributed by atoms with Gasteiger partial charge in [-0.05, 0) is 64.4 Å². The van der Waals surface area contributed by atoms with Crippen LogP contribution in [-0.4, -0.2) is 41.9 Å². The number of amides is 1. The van der Waals surface area contributed by atoms with E-state index in [0.29, 0.717) is 34.0 Å². The summed E-state index contributed by atoms with van der Waals surface area (Å²) in [4.78, 5) is 36.0. The van der Waals surface area contributed by atoms with E-state index in [0.717, 1.165) is 0 Å². The van der Waals surface area contributed by atoms with Crippen molar-refractivity contribution in [2.24, 2.45) is 0 Å². The Kier molecular flexibility index (Phi) is 6.82. The van der Waals surface area contributed by atoms with Crippen LogP contribution < -0.4 is 10.0 Å². The predicted octanol–water partition coefficient (Wildman–Crippen LogP) is 3.27. The number of nitrogens with zero attached hydrogens (tertiary/aromatic N) is 2. The number of rotatable bonds is 7. The summed E-state index contributed by atoms with van der Waals surface area (Å²) in [6.07, 6.45) is 0. The maximum Gasteiger partial charge on any atom is 0.355 e. The molecule has 0 radical (unpaired) electrons. The maximum atomic E-state index is 12.8. The van der Waals surface area contributed by atoms with Crippen molar-refractivity contribution in [1.82, 2.24) is 15.0 Å². The zero-order valence-electron chi connectivity index (χ0n) is 18.9. The maximum absolute atomic E-state index is 12.8. The summed E-state index contributed by atoms with van der Waals surface area (Å²) in [6.45, 7) is 8.68. The first kappa shape index (κ1) is 23.9. The van der Waals surface area contributed by atoms with E-state index in [-0.39, 0.29) is 23.0 Å². The van der Waals surface area contributed by atoms with Crippen LogP contribution in [0.2, 0.25) is 0 Å². The lowest BCUT2D eigenvalue weighted by Crippen LogP contribution is -2.16. The molecule has 0 unspecified atom stereocenters. The molecule has 0 fully saturated rings. The van der Waals surface area contributed by atoms with Crippen molar-refractivity contribution in [2.45, 2.75) is 39.5 Å². The van der Waals surface area contributed by atoms with Crippen molar-refractivity contribution < 1.29 is 22.7 Å². The molecule has 2 aromatic heterocycles. The number of aryl methyl sites for hydroxylation is 3. The fraction of sp³-hybridized carbons (Fsp3) is 0.273.